The highest BCUT2D eigenvalue weighted by Crippen LogP contribution is 2.14. The Morgan fingerprint density at radius 3 is 2.38 bits per heavy atom. The molecule has 90 valence electrons. The summed E-state index contributed by atoms with van der Waals surface area (Å²) >= 11 is 0. The molecule has 0 fully saturated rings. The molecule has 1 aromatic rings. The van der Waals surface area contributed by atoms with Gasteiger partial charge in [0.15, 0.2) is 0 Å². The van der Waals surface area contributed by atoms with Gasteiger partial charge in [0.05, 0.1) is 0 Å². The number of nitrogens with zero attached hydrogens (tertiary/aromatic N) is 1. The molecule has 0 radical (unpaired) electrons. The van der Waals surface area contributed by atoms with Gasteiger partial charge in [0, 0.05) is 12.1 Å². The average molecular weight is 220 g/mol. The lowest BCUT2D eigenvalue weighted by molar-refractivity contribution is 0.401. The Morgan fingerprint density at radius 1 is 1.19 bits per heavy atom. The zero-order valence-electron chi connectivity index (χ0n) is 11.2. The van der Waals surface area contributed by atoms with Crippen LogP contribution in [0.4, 0.5) is 0 Å². The molecule has 0 saturated carbocycles. The maximum atomic E-state index is 3.34. The summed E-state index contributed by atoms with van der Waals surface area (Å²) in [6.07, 6.45) is 1.06. The van der Waals surface area contributed by atoms with E-state index >= 15 is 0 Å². The van der Waals surface area contributed by atoms with Crippen molar-refractivity contribution in [2.24, 2.45) is 0 Å². The van der Waals surface area contributed by atoms with Crippen LogP contribution in [0.5, 0.6) is 0 Å². The van der Waals surface area contributed by atoms with E-state index in [2.05, 4.69) is 62.4 Å². The smallest absolute Gasteiger partial charge is 0.0227 e. The van der Waals surface area contributed by atoms with Crippen molar-refractivity contribution in [3.63, 3.8) is 0 Å². The van der Waals surface area contributed by atoms with E-state index in [0.717, 1.165) is 13.0 Å². The van der Waals surface area contributed by atoms with Gasteiger partial charge in [-0.1, -0.05) is 24.3 Å². The Morgan fingerprint density at radius 2 is 1.81 bits per heavy atom. The highest BCUT2D eigenvalue weighted by atomic mass is 15.0. The topological polar surface area (TPSA) is 15.3 Å². The monoisotopic (exact) mass is 220 g/mol. The van der Waals surface area contributed by atoms with E-state index in [1.165, 1.54) is 11.1 Å². The number of benzene rings is 1. The summed E-state index contributed by atoms with van der Waals surface area (Å²) in [5.41, 5.74) is 2.95. The second-order valence-electron chi connectivity index (χ2n) is 5.37. The molecule has 0 bridgehead atoms. The summed E-state index contributed by atoms with van der Waals surface area (Å²) in [6.45, 7) is 5.46. The predicted molar refractivity (Wildman–Crippen MR) is 70.7 cm³/mol. The Labute approximate surface area is 99.7 Å². The fraction of sp³-hybridized carbons (Fsp3) is 0.571. The Bertz CT molecular complexity index is 329. The van der Waals surface area contributed by atoms with Crippen molar-refractivity contribution in [3.05, 3.63) is 35.4 Å². The van der Waals surface area contributed by atoms with Crippen LogP contribution in [0.2, 0.25) is 0 Å². The Balaban J connectivity index is 2.74. The molecule has 1 N–H and O–H groups in total. The lowest BCUT2D eigenvalue weighted by Crippen LogP contribution is -2.38. The SMILES string of the molecule is CNC(C)(C)Cc1cccc(CN(C)C)c1. The molecule has 0 aromatic heterocycles. The minimum atomic E-state index is 0.163. The van der Waals surface area contributed by atoms with E-state index < -0.39 is 0 Å². The van der Waals surface area contributed by atoms with Crippen LogP contribution in [0.25, 0.3) is 0 Å². The highest BCUT2D eigenvalue weighted by molar-refractivity contribution is 5.24. The lowest BCUT2D eigenvalue weighted by Gasteiger charge is -2.24. The second kappa shape index (κ2) is 5.46. The van der Waals surface area contributed by atoms with Gasteiger partial charge in [0.25, 0.3) is 0 Å². The van der Waals surface area contributed by atoms with Crippen molar-refractivity contribution in [1.29, 1.82) is 0 Å². The van der Waals surface area contributed by atoms with Crippen LogP contribution in [-0.2, 0) is 13.0 Å². The highest BCUT2D eigenvalue weighted by Gasteiger charge is 2.15. The largest absolute Gasteiger partial charge is 0.314 e. The van der Waals surface area contributed by atoms with Crippen molar-refractivity contribution in [3.8, 4) is 0 Å². The summed E-state index contributed by atoms with van der Waals surface area (Å²) in [4.78, 5) is 2.20. The summed E-state index contributed by atoms with van der Waals surface area (Å²) in [5, 5.41) is 3.34. The first-order chi connectivity index (χ1) is 7.43. The zero-order chi connectivity index (χ0) is 12.2. The number of likely N-dealkylation sites (N-methyl/N-ethyl adjacent to an activating group) is 1. The van der Waals surface area contributed by atoms with Gasteiger partial charge >= 0.3 is 0 Å². The predicted octanol–water partition coefficient (Wildman–Crippen LogP) is 2.29. The molecule has 0 aliphatic heterocycles. The molecular weight excluding hydrogens is 196 g/mol. The average Bonchev–Trinajstić information content (AvgIpc) is 2.16. The number of nitrogens with one attached hydrogen (secondary N) is 1. The third-order valence-electron chi connectivity index (χ3n) is 2.81. The number of hydrogen-bond donors (Lipinski definition) is 1. The molecule has 16 heavy (non-hydrogen) atoms. The normalized spacial score (nSPS) is 12.1. The van der Waals surface area contributed by atoms with Crippen molar-refractivity contribution in [2.45, 2.75) is 32.4 Å². The molecule has 0 aliphatic carbocycles. The van der Waals surface area contributed by atoms with Gasteiger partial charge in [-0.05, 0) is 52.5 Å². The molecule has 0 atom stereocenters. The van der Waals surface area contributed by atoms with Gasteiger partial charge in [-0.15, -0.1) is 0 Å². The molecule has 0 spiro atoms. The third kappa shape index (κ3) is 4.33. The first-order valence-corrected chi connectivity index (χ1v) is 5.84. The molecule has 2 nitrogen and oxygen atoms in total. The summed E-state index contributed by atoms with van der Waals surface area (Å²) < 4.78 is 0. The van der Waals surface area contributed by atoms with Crippen LogP contribution >= 0.6 is 0 Å². The van der Waals surface area contributed by atoms with E-state index in [1.807, 2.05) is 7.05 Å². The van der Waals surface area contributed by atoms with Crippen molar-refractivity contribution in [1.82, 2.24) is 10.2 Å². The van der Waals surface area contributed by atoms with Crippen molar-refractivity contribution in [2.75, 3.05) is 21.1 Å². The van der Waals surface area contributed by atoms with Gasteiger partial charge in [-0.25, -0.2) is 0 Å². The van der Waals surface area contributed by atoms with Crippen molar-refractivity contribution >= 4 is 0 Å². The second-order valence-corrected chi connectivity index (χ2v) is 5.37. The first-order valence-electron chi connectivity index (χ1n) is 5.84. The lowest BCUT2D eigenvalue weighted by atomic mass is 9.94. The zero-order valence-corrected chi connectivity index (χ0v) is 11.2. The van der Waals surface area contributed by atoms with Gasteiger partial charge < -0.3 is 10.2 Å². The van der Waals surface area contributed by atoms with E-state index in [-0.39, 0.29) is 5.54 Å². The van der Waals surface area contributed by atoms with Crippen LogP contribution in [-0.4, -0.2) is 31.6 Å². The van der Waals surface area contributed by atoms with Gasteiger partial charge in [-0.3, -0.25) is 0 Å². The molecule has 0 amide bonds. The van der Waals surface area contributed by atoms with E-state index in [1.54, 1.807) is 0 Å². The van der Waals surface area contributed by atoms with Gasteiger partial charge in [-0.2, -0.15) is 0 Å². The van der Waals surface area contributed by atoms with E-state index in [9.17, 15) is 0 Å². The molecule has 1 rings (SSSR count). The minimum absolute atomic E-state index is 0.163. The summed E-state index contributed by atoms with van der Waals surface area (Å²) in [6, 6.07) is 8.85. The van der Waals surface area contributed by atoms with Crippen LogP contribution < -0.4 is 5.32 Å². The fourth-order valence-corrected chi connectivity index (χ4v) is 1.80. The molecule has 0 unspecified atom stereocenters. The number of hydrogen-bond acceptors (Lipinski definition) is 2. The molecule has 0 aliphatic rings. The number of rotatable bonds is 5. The quantitative estimate of drug-likeness (QED) is 0.819. The van der Waals surface area contributed by atoms with Crippen molar-refractivity contribution < 1.29 is 0 Å². The Kier molecular flexibility index (Phi) is 4.51. The third-order valence-corrected chi connectivity index (χ3v) is 2.81. The standard InChI is InChI=1S/C14H24N2/c1-14(2,15-3)10-12-7-6-8-13(9-12)11-16(4)5/h6-9,15H,10-11H2,1-5H3. The van der Waals surface area contributed by atoms with E-state index in [4.69, 9.17) is 0 Å². The van der Waals surface area contributed by atoms with Crippen LogP contribution in [0.1, 0.15) is 25.0 Å². The van der Waals surface area contributed by atoms with Gasteiger partial charge in [0.2, 0.25) is 0 Å². The summed E-state index contributed by atoms with van der Waals surface area (Å²) in [7, 11) is 6.22. The van der Waals surface area contributed by atoms with Crippen LogP contribution in [0.15, 0.2) is 24.3 Å². The molecular formula is C14H24N2. The van der Waals surface area contributed by atoms with Gasteiger partial charge in [0.1, 0.15) is 0 Å². The maximum Gasteiger partial charge on any atom is 0.0227 e. The van der Waals surface area contributed by atoms with E-state index in [0.29, 0.717) is 0 Å². The molecule has 0 saturated heterocycles. The Hall–Kier alpha value is -0.860. The van der Waals surface area contributed by atoms with Crippen LogP contribution in [0, 0.1) is 0 Å². The summed E-state index contributed by atoms with van der Waals surface area (Å²) in [5.74, 6) is 0. The minimum Gasteiger partial charge on any atom is -0.314 e. The molecule has 0 heterocycles. The van der Waals surface area contributed by atoms with Crippen LogP contribution in [0.3, 0.4) is 0 Å². The molecule has 2 heteroatoms. The maximum absolute atomic E-state index is 3.34. The fourth-order valence-electron chi connectivity index (χ4n) is 1.80. The molecule has 1 aromatic carbocycles. The first kappa shape index (κ1) is 13.2.